The zero-order valence-corrected chi connectivity index (χ0v) is 10.8. The number of rotatable bonds is 6. The number of nitrogens with one attached hydrogen (secondary N) is 1. The largest absolute Gasteiger partial charge is 0.480 e. The number of piperidine rings is 1. The van der Waals surface area contributed by atoms with Crippen molar-refractivity contribution < 1.29 is 23.4 Å². The van der Waals surface area contributed by atoms with E-state index in [1.807, 2.05) is 0 Å². The van der Waals surface area contributed by atoms with Crippen molar-refractivity contribution in [3.63, 3.8) is 0 Å². The molecule has 1 fully saturated rings. The summed E-state index contributed by atoms with van der Waals surface area (Å²) in [5.74, 6) is -1.16. The zero-order valence-electron chi connectivity index (χ0n) is 9.95. The number of nitrogens with zero attached hydrogens (tertiary/aromatic N) is 1. The summed E-state index contributed by atoms with van der Waals surface area (Å²) in [6.07, 6.45) is 0.410. The smallest absolute Gasteiger partial charge is 0.320 e. The van der Waals surface area contributed by atoms with Crippen LogP contribution in [0.1, 0.15) is 19.3 Å². The van der Waals surface area contributed by atoms with E-state index in [0.29, 0.717) is 12.8 Å². The number of hydrogen-bond acceptors (Lipinski definition) is 5. The first-order valence-electron chi connectivity index (χ1n) is 5.74. The number of aliphatic hydroxyl groups is 1. The first-order valence-corrected chi connectivity index (χ1v) is 7.18. The van der Waals surface area contributed by atoms with E-state index < -0.39 is 28.3 Å². The summed E-state index contributed by atoms with van der Waals surface area (Å²) in [6, 6.07) is -1.07. The second kappa shape index (κ2) is 6.43. The monoisotopic (exact) mass is 281 g/mol. The van der Waals surface area contributed by atoms with Gasteiger partial charge in [0.25, 0.3) is 10.2 Å². The summed E-state index contributed by atoms with van der Waals surface area (Å²) in [5, 5.41) is 17.8. The Morgan fingerprint density at radius 1 is 1.44 bits per heavy atom. The molecule has 0 aromatic carbocycles. The molecule has 0 aliphatic carbocycles. The first kappa shape index (κ1) is 15.3. The molecule has 18 heavy (non-hydrogen) atoms. The molecule has 9 heteroatoms. The summed E-state index contributed by atoms with van der Waals surface area (Å²) >= 11 is 0. The van der Waals surface area contributed by atoms with Crippen molar-refractivity contribution in [2.75, 3.05) is 19.6 Å². The van der Waals surface area contributed by atoms with Gasteiger partial charge in [-0.05, 0) is 19.3 Å². The summed E-state index contributed by atoms with van der Waals surface area (Å²) in [6.45, 7) is 0.512. The van der Waals surface area contributed by atoms with E-state index in [0.717, 1.165) is 0 Å². The summed E-state index contributed by atoms with van der Waals surface area (Å²) in [7, 11) is -3.60. The molecular weight excluding hydrogens is 262 g/mol. The molecule has 1 heterocycles. The maximum atomic E-state index is 11.8. The average molecular weight is 281 g/mol. The van der Waals surface area contributed by atoms with Gasteiger partial charge in [-0.1, -0.05) is 0 Å². The third kappa shape index (κ3) is 4.50. The Morgan fingerprint density at radius 3 is 2.50 bits per heavy atom. The molecule has 1 aliphatic rings. The van der Waals surface area contributed by atoms with Crippen molar-refractivity contribution in [2.45, 2.75) is 31.4 Å². The highest BCUT2D eigenvalue weighted by atomic mass is 32.2. The van der Waals surface area contributed by atoms with Gasteiger partial charge in [-0.15, -0.1) is 0 Å². The van der Waals surface area contributed by atoms with Crippen molar-refractivity contribution in [3.8, 4) is 0 Å². The van der Waals surface area contributed by atoms with E-state index in [2.05, 4.69) is 4.72 Å². The van der Waals surface area contributed by atoms with Crippen molar-refractivity contribution in [1.29, 1.82) is 0 Å². The van der Waals surface area contributed by atoms with Crippen LogP contribution >= 0.6 is 0 Å². The summed E-state index contributed by atoms with van der Waals surface area (Å²) < 4.78 is 27.1. The Labute approximate surface area is 106 Å². The topological polar surface area (TPSA) is 133 Å². The third-order valence-electron chi connectivity index (χ3n) is 2.82. The van der Waals surface area contributed by atoms with Gasteiger partial charge in [0.05, 0.1) is 6.10 Å². The molecule has 1 atom stereocenters. The Bertz CT molecular complexity index is 378. The van der Waals surface area contributed by atoms with Crippen LogP contribution in [0.3, 0.4) is 0 Å². The molecule has 5 N–H and O–H groups in total. The molecule has 0 radical (unpaired) electrons. The van der Waals surface area contributed by atoms with E-state index in [1.165, 1.54) is 4.31 Å². The van der Waals surface area contributed by atoms with Crippen LogP contribution in [0.15, 0.2) is 0 Å². The molecular formula is C9H19N3O5S. The molecule has 1 rings (SSSR count). The molecule has 0 saturated carbocycles. The van der Waals surface area contributed by atoms with E-state index in [-0.39, 0.29) is 26.1 Å². The lowest BCUT2D eigenvalue weighted by molar-refractivity contribution is -0.138. The lowest BCUT2D eigenvalue weighted by Gasteiger charge is -2.28. The summed E-state index contributed by atoms with van der Waals surface area (Å²) in [4.78, 5) is 10.5. The van der Waals surface area contributed by atoms with Gasteiger partial charge in [-0.3, -0.25) is 4.79 Å². The minimum Gasteiger partial charge on any atom is -0.480 e. The molecule has 0 aromatic heterocycles. The molecule has 1 aliphatic heterocycles. The molecule has 0 aromatic rings. The molecule has 0 unspecified atom stereocenters. The minimum atomic E-state index is -3.60. The number of carbonyl (C=O) groups is 1. The van der Waals surface area contributed by atoms with Crippen molar-refractivity contribution in [3.05, 3.63) is 0 Å². The fraction of sp³-hybridized carbons (Fsp3) is 0.889. The van der Waals surface area contributed by atoms with Gasteiger partial charge in [0.15, 0.2) is 0 Å². The quantitative estimate of drug-likeness (QED) is 0.448. The third-order valence-corrected chi connectivity index (χ3v) is 4.43. The molecule has 0 bridgehead atoms. The van der Waals surface area contributed by atoms with E-state index in [4.69, 9.17) is 10.8 Å². The maximum Gasteiger partial charge on any atom is 0.320 e. The van der Waals surface area contributed by atoms with Crippen molar-refractivity contribution >= 4 is 16.2 Å². The van der Waals surface area contributed by atoms with E-state index in [1.54, 1.807) is 0 Å². The predicted octanol–water partition coefficient (Wildman–Crippen LogP) is -1.92. The minimum absolute atomic E-state index is 0.0190. The Balaban J connectivity index is 2.38. The van der Waals surface area contributed by atoms with Crippen LogP contribution in [0.4, 0.5) is 0 Å². The van der Waals surface area contributed by atoms with Crippen LogP contribution in [0, 0.1) is 0 Å². The fourth-order valence-electron chi connectivity index (χ4n) is 1.64. The van der Waals surface area contributed by atoms with Crippen LogP contribution in [0.2, 0.25) is 0 Å². The van der Waals surface area contributed by atoms with Crippen molar-refractivity contribution in [2.24, 2.45) is 5.73 Å². The second-order valence-corrected chi connectivity index (χ2v) is 6.02. The number of carboxylic acid groups (broad SMARTS) is 1. The van der Waals surface area contributed by atoms with Crippen LogP contribution in [-0.2, 0) is 15.0 Å². The first-order chi connectivity index (χ1) is 8.33. The zero-order chi connectivity index (χ0) is 13.8. The normalized spacial score (nSPS) is 20.8. The Hall–Kier alpha value is -0.740. The summed E-state index contributed by atoms with van der Waals surface area (Å²) in [5.41, 5.74) is 5.26. The fourth-order valence-corrected chi connectivity index (χ4v) is 2.89. The average Bonchev–Trinajstić information content (AvgIpc) is 2.29. The van der Waals surface area contributed by atoms with Gasteiger partial charge in [0, 0.05) is 19.6 Å². The SMILES string of the molecule is N[C@@H](CCNS(=O)(=O)N1CCC(O)CC1)C(=O)O. The second-order valence-electron chi connectivity index (χ2n) is 4.26. The number of aliphatic carboxylic acids is 1. The highest BCUT2D eigenvalue weighted by Crippen LogP contribution is 2.12. The number of carboxylic acids is 1. The number of nitrogens with two attached hydrogens (primary N) is 1. The van der Waals surface area contributed by atoms with Crippen LogP contribution < -0.4 is 10.5 Å². The van der Waals surface area contributed by atoms with E-state index >= 15 is 0 Å². The Morgan fingerprint density at radius 2 is 2.00 bits per heavy atom. The van der Waals surface area contributed by atoms with E-state index in [9.17, 15) is 18.3 Å². The molecule has 0 amide bonds. The lowest BCUT2D eigenvalue weighted by atomic mass is 10.1. The lowest BCUT2D eigenvalue weighted by Crippen LogP contribution is -2.47. The molecule has 8 nitrogen and oxygen atoms in total. The molecule has 106 valence electrons. The highest BCUT2D eigenvalue weighted by molar-refractivity contribution is 7.87. The van der Waals surface area contributed by atoms with Crippen LogP contribution in [-0.4, -0.2) is 60.7 Å². The van der Waals surface area contributed by atoms with Gasteiger partial charge >= 0.3 is 5.97 Å². The van der Waals surface area contributed by atoms with Crippen molar-refractivity contribution in [1.82, 2.24) is 9.03 Å². The number of hydrogen-bond donors (Lipinski definition) is 4. The Kier molecular flexibility index (Phi) is 5.47. The van der Waals surface area contributed by atoms with Gasteiger partial charge in [0.2, 0.25) is 0 Å². The molecule has 1 saturated heterocycles. The van der Waals surface area contributed by atoms with Gasteiger partial charge < -0.3 is 15.9 Å². The number of aliphatic hydroxyl groups excluding tert-OH is 1. The standard InChI is InChI=1S/C9H19N3O5S/c10-8(9(14)15)1-4-11-18(16,17)12-5-2-7(13)3-6-12/h7-8,11,13H,1-6,10H2,(H,14,15)/t8-/m0/s1. The van der Waals surface area contributed by atoms with Gasteiger partial charge in [-0.25, -0.2) is 4.72 Å². The highest BCUT2D eigenvalue weighted by Gasteiger charge is 2.26. The van der Waals surface area contributed by atoms with Crippen LogP contribution in [0.5, 0.6) is 0 Å². The van der Waals surface area contributed by atoms with Crippen LogP contribution in [0.25, 0.3) is 0 Å². The van der Waals surface area contributed by atoms with Gasteiger partial charge in [0.1, 0.15) is 6.04 Å². The maximum absolute atomic E-state index is 11.8. The predicted molar refractivity (Wildman–Crippen MR) is 64.0 cm³/mol. The molecule has 0 spiro atoms. The van der Waals surface area contributed by atoms with Gasteiger partial charge in [-0.2, -0.15) is 12.7 Å².